The van der Waals surface area contributed by atoms with Crippen LogP contribution in [-0.4, -0.2) is 36.0 Å². The molecule has 0 aromatic rings. The Hall–Kier alpha value is -1.06. The van der Waals surface area contributed by atoms with Gasteiger partial charge in [-0.05, 0) is 82.0 Å². The van der Waals surface area contributed by atoms with Crippen molar-refractivity contribution in [3.8, 4) is 0 Å². The molecule has 1 amide bonds. The molecule has 4 aliphatic carbocycles. The van der Waals surface area contributed by atoms with E-state index >= 15 is 0 Å². The number of carbonyl (C=O) groups excluding carboxylic acids is 2. The molecule has 5 fully saturated rings. The van der Waals surface area contributed by atoms with Crippen LogP contribution in [0.3, 0.4) is 0 Å². The summed E-state index contributed by atoms with van der Waals surface area (Å²) >= 11 is 0. The molecule has 0 aromatic heterocycles. The van der Waals surface area contributed by atoms with Gasteiger partial charge in [0.15, 0.2) is 0 Å². The number of rotatable bonds is 3. The first kappa shape index (κ1) is 15.5. The minimum Gasteiger partial charge on any atom is -0.464 e. The Morgan fingerprint density at radius 2 is 1.65 bits per heavy atom. The van der Waals surface area contributed by atoms with Gasteiger partial charge in [0, 0.05) is 12.5 Å². The lowest BCUT2D eigenvalue weighted by atomic mass is 9.51. The van der Waals surface area contributed by atoms with Gasteiger partial charge < -0.3 is 9.64 Å². The highest BCUT2D eigenvalue weighted by Gasteiger charge is 2.52. The lowest BCUT2D eigenvalue weighted by molar-refractivity contribution is -0.164. The summed E-state index contributed by atoms with van der Waals surface area (Å²) in [5.41, 5.74) is 0. The lowest BCUT2D eigenvalue weighted by Gasteiger charge is -2.54. The van der Waals surface area contributed by atoms with E-state index in [9.17, 15) is 9.59 Å². The maximum Gasteiger partial charge on any atom is 0.328 e. The molecule has 5 aliphatic rings. The molecule has 1 atom stereocenters. The van der Waals surface area contributed by atoms with Crippen molar-refractivity contribution in [2.75, 3.05) is 13.2 Å². The summed E-state index contributed by atoms with van der Waals surface area (Å²) in [5.74, 6) is 3.21. The molecule has 0 spiro atoms. The molecule has 0 N–H and O–H groups in total. The minimum atomic E-state index is -0.326. The number of nitrogens with zero attached hydrogens (tertiary/aromatic N) is 1. The predicted octanol–water partition coefficient (Wildman–Crippen LogP) is 3.00. The quantitative estimate of drug-likeness (QED) is 0.751. The Morgan fingerprint density at radius 3 is 2.26 bits per heavy atom. The summed E-state index contributed by atoms with van der Waals surface area (Å²) in [6.07, 6.45) is 9.23. The SMILES string of the molecule is CCOC(=O)C1CCCCN1C(=O)C1C2CC3CC(C2)CC1C3. The van der Waals surface area contributed by atoms with Crippen LogP contribution in [0.15, 0.2) is 0 Å². The van der Waals surface area contributed by atoms with Gasteiger partial charge in [0.25, 0.3) is 0 Å². The van der Waals surface area contributed by atoms with Crippen LogP contribution in [0.1, 0.15) is 58.3 Å². The van der Waals surface area contributed by atoms with E-state index in [2.05, 4.69) is 0 Å². The lowest BCUT2D eigenvalue weighted by Crippen LogP contribution is -2.56. The van der Waals surface area contributed by atoms with Crippen molar-refractivity contribution >= 4 is 11.9 Å². The van der Waals surface area contributed by atoms with Gasteiger partial charge in [-0.3, -0.25) is 4.79 Å². The average molecular weight is 319 g/mol. The summed E-state index contributed by atoms with van der Waals surface area (Å²) in [4.78, 5) is 27.5. The average Bonchev–Trinajstić information content (AvgIpc) is 2.54. The molecule has 0 aromatic carbocycles. The number of carbonyl (C=O) groups is 2. The molecule has 0 radical (unpaired) electrons. The molecule has 1 saturated heterocycles. The van der Waals surface area contributed by atoms with Gasteiger partial charge in [0.2, 0.25) is 5.91 Å². The first-order valence-electron chi connectivity index (χ1n) is 9.64. The van der Waals surface area contributed by atoms with Crippen molar-refractivity contribution in [1.82, 2.24) is 4.90 Å². The summed E-state index contributed by atoms with van der Waals surface area (Å²) in [7, 11) is 0. The second kappa shape index (κ2) is 6.10. The maximum atomic E-state index is 13.3. The highest BCUT2D eigenvalue weighted by molar-refractivity contribution is 5.86. The molecule has 4 heteroatoms. The van der Waals surface area contributed by atoms with E-state index in [1.807, 2.05) is 11.8 Å². The van der Waals surface area contributed by atoms with Gasteiger partial charge >= 0.3 is 5.97 Å². The van der Waals surface area contributed by atoms with Crippen molar-refractivity contribution in [2.24, 2.45) is 29.6 Å². The van der Waals surface area contributed by atoms with E-state index in [4.69, 9.17) is 4.74 Å². The van der Waals surface area contributed by atoms with Gasteiger partial charge in [-0.25, -0.2) is 4.79 Å². The molecule has 5 rings (SSSR count). The smallest absolute Gasteiger partial charge is 0.328 e. The maximum absolute atomic E-state index is 13.3. The highest BCUT2D eigenvalue weighted by Crippen LogP contribution is 2.57. The zero-order valence-corrected chi connectivity index (χ0v) is 14.2. The third-order valence-corrected chi connectivity index (χ3v) is 6.86. The molecule has 1 unspecified atom stereocenters. The fourth-order valence-electron chi connectivity index (χ4n) is 6.20. The monoisotopic (exact) mass is 319 g/mol. The summed E-state index contributed by atoms with van der Waals surface area (Å²) in [6.45, 7) is 2.98. The number of piperidine rings is 1. The van der Waals surface area contributed by atoms with Crippen LogP contribution in [0.2, 0.25) is 0 Å². The second-order valence-electron chi connectivity index (χ2n) is 8.25. The Morgan fingerprint density at radius 1 is 1.00 bits per heavy atom. The van der Waals surface area contributed by atoms with E-state index in [-0.39, 0.29) is 23.8 Å². The van der Waals surface area contributed by atoms with Crippen LogP contribution in [0.4, 0.5) is 0 Å². The largest absolute Gasteiger partial charge is 0.464 e. The van der Waals surface area contributed by atoms with E-state index < -0.39 is 0 Å². The standard InChI is InChI=1S/C19H29NO3/c1-2-23-19(22)16-5-3-4-6-20(16)18(21)17-14-8-12-7-13(10-14)11-15(17)9-12/h12-17H,2-11H2,1H3. The number of esters is 1. The minimum absolute atomic E-state index is 0.190. The topological polar surface area (TPSA) is 46.6 Å². The van der Waals surface area contributed by atoms with E-state index in [1.54, 1.807) is 0 Å². The Bertz CT molecular complexity index is 461. The van der Waals surface area contributed by atoms with E-state index in [1.165, 1.54) is 32.1 Å². The number of hydrogen-bond donors (Lipinski definition) is 0. The molecule has 4 bridgehead atoms. The Kier molecular flexibility index (Phi) is 4.10. The van der Waals surface area contributed by atoms with Crippen molar-refractivity contribution < 1.29 is 14.3 Å². The van der Waals surface area contributed by atoms with Crippen molar-refractivity contribution in [3.05, 3.63) is 0 Å². The molecule has 1 heterocycles. The highest BCUT2D eigenvalue weighted by atomic mass is 16.5. The van der Waals surface area contributed by atoms with Crippen molar-refractivity contribution in [2.45, 2.75) is 64.3 Å². The van der Waals surface area contributed by atoms with Crippen LogP contribution in [0.25, 0.3) is 0 Å². The van der Waals surface area contributed by atoms with Gasteiger partial charge in [-0.2, -0.15) is 0 Å². The zero-order valence-electron chi connectivity index (χ0n) is 14.2. The Balaban J connectivity index is 1.51. The summed E-state index contributed by atoms with van der Waals surface area (Å²) in [6, 6.07) is -0.326. The van der Waals surface area contributed by atoms with Gasteiger partial charge in [0.05, 0.1) is 6.61 Å². The third kappa shape index (κ3) is 2.68. The van der Waals surface area contributed by atoms with E-state index in [0.29, 0.717) is 18.4 Å². The number of hydrogen-bond acceptors (Lipinski definition) is 3. The molecular weight excluding hydrogens is 290 g/mol. The molecule has 23 heavy (non-hydrogen) atoms. The van der Waals surface area contributed by atoms with Crippen LogP contribution < -0.4 is 0 Å². The zero-order chi connectivity index (χ0) is 16.0. The van der Waals surface area contributed by atoms with Gasteiger partial charge in [-0.1, -0.05) is 0 Å². The van der Waals surface area contributed by atoms with Crippen LogP contribution in [0.5, 0.6) is 0 Å². The van der Waals surface area contributed by atoms with Gasteiger partial charge in [-0.15, -0.1) is 0 Å². The van der Waals surface area contributed by atoms with Crippen LogP contribution in [-0.2, 0) is 14.3 Å². The third-order valence-electron chi connectivity index (χ3n) is 6.86. The van der Waals surface area contributed by atoms with E-state index in [0.717, 1.165) is 37.6 Å². The first-order valence-corrected chi connectivity index (χ1v) is 9.64. The molecule has 1 aliphatic heterocycles. The summed E-state index contributed by atoms with van der Waals surface area (Å²) in [5, 5.41) is 0. The fourth-order valence-corrected chi connectivity index (χ4v) is 6.20. The Labute approximate surface area is 138 Å². The first-order chi connectivity index (χ1) is 11.2. The second-order valence-corrected chi connectivity index (χ2v) is 8.25. The van der Waals surface area contributed by atoms with Crippen LogP contribution in [0, 0.1) is 29.6 Å². The fraction of sp³-hybridized carbons (Fsp3) is 0.895. The van der Waals surface area contributed by atoms with Crippen LogP contribution >= 0.6 is 0 Å². The van der Waals surface area contributed by atoms with Gasteiger partial charge in [0.1, 0.15) is 6.04 Å². The molecule has 4 saturated carbocycles. The van der Waals surface area contributed by atoms with Crippen molar-refractivity contribution in [1.29, 1.82) is 0 Å². The normalized spacial score (nSPS) is 41.9. The number of amides is 1. The summed E-state index contributed by atoms with van der Waals surface area (Å²) < 4.78 is 5.23. The molecular formula is C19H29NO3. The molecule has 4 nitrogen and oxygen atoms in total. The number of ether oxygens (including phenoxy) is 1. The molecule has 128 valence electrons. The predicted molar refractivity (Wildman–Crippen MR) is 86.5 cm³/mol. The number of likely N-dealkylation sites (tertiary alicyclic amines) is 1. The van der Waals surface area contributed by atoms with Crippen molar-refractivity contribution in [3.63, 3.8) is 0 Å².